The van der Waals surface area contributed by atoms with Crippen LogP contribution in [-0.4, -0.2) is 61.2 Å². The van der Waals surface area contributed by atoms with Gasteiger partial charge < -0.3 is 24.3 Å². The van der Waals surface area contributed by atoms with Crippen molar-refractivity contribution in [2.45, 2.75) is 0 Å². The van der Waals surface area contributed by atoms with Crippen LogP contribution in [0.4, 0.5) is 5.95 Å². The number of H-pyrrole nitrogens is 1. The highest BCUT2D eigenvalue weighted by Gasteiger charge is 2.26. The number of rotatable bonds is 4. The number of ether oxygens (including phenoxy) is 2. The van der Waals surface area contributed by atoms with E-state index < -0.39 is 0 Å². The van der Waals surface area contributed by atoms with E-state index in [1.165, 1.54) is 0 Å². The van der Waals surface area contributed by atoms with Gasteiger partial charge in [0.2, 0.25) is 5.95 Å². The van der Waals surface area contributed by atoms with Gasteiger partial charge in [-0.25, -0.2) is 4.98 Å². The number of fused-ring (bicyclic) bond motifs is 1. The summed E-state index contributed by atoms with van der Waals surface area (Å²) in [4.78, 5) is 25.0. The average molecular weight is 366 g/mol. The first kappa shape index (κ1) is 17.2. The highest BCUT2D eigenvalue weighted by Crippen LogP contribution is 2.31. The van der Waals surface area contributed by atoms with Gasteiger partial charge in [-0.15, -0.1) is 0 Å². The number of imidazole rings is 1. The van der Waals surface area contributed by atoms with Crippen molar-refractivity contribution in [2.24, 2.45) is 0 Å². The summed E-state index contributed by atoms with van der Waals surface area (Å²) in [7, 11) is 3.12. The molecule has 1 N–H and O–H groups in total. The molecule has 1 aliphatic heterocycles. The van der Waals surface area contributed by atoms with E-state index >= 15 is 0 Å². The largest absolute Gasteiger partial charge is 0.493 e. The molecule has 0 radical (unpaired) electrons. The molecule has 1 aliphatic rings. The first-order valence-corrected chi connectivity index (χ1v) is 8.91. The van der Waals surface area contributed by atoms with Gasteiger partial charge in [-0.3, -0.25) is 4.79 Å². The lowest BCUT2D eigenvalue weighted by molar-refractivity contribution is 0.0742. The van der Waals surface area contributed by atoms with Crippen molar-refractivity contribution in [1.29, 1.82) is 0 Å². The summed E-state index contributed by atoms with van der Waals surface area (Å²) in [6.07, 6.45) is 0. The quantitative estimate of drug-likeness (QED) is 0.768. The predicted molar refractivity (Wildman–Crippen MR) is 104 cm³/mol. The maximum atomic E-state index is 13.0. The lowest BCUT2D eigenvalue weighted by atomic mass is 10.1. The molecule has 0 aliphatic carbocycles. The van der Waals surface area contributed by atoms with E-state index in [0.29, 0.717) is 30.2 Å². The summed E-state index contributed by atoms with van der Waals surface area (Å²) in [5, 5.41) is 0. The van der Waals surface area contributed by atoms with Crippen molar-refractivity contribution in [3.63, 3.8) is 0 Å². The minimum atomic E-state index is -0.0463. The fourth-order valence-corrected chi connectivity index (χ4v) is 3.44. The average Bonchev–Trinajstić information content (AvgIpc) is 3.17. The SMILES string of the molecule is COc1cccc(C(=O)N2CCN(c3nc4ccccc4[nH]3)CC2)c1OC. The molecule has 0 atom stereocenters. The second kappa shape index (κ2) is 7.19. The lowest BCUT2D eigenvalue weighted by Crippen LogP contribution is -2.49. The first-order chi connectivity index (χ1) is 13.2. The monoisotopic (exact) mass is 366 g/mol. The van der Waals surface area contributed by atoms with Crippen molar-refractivity contribution in [2.75, 3.05) is 45.3 Å². The molecule has 140 valence electrons. The fourth-order valence-electron chi connectivity index (χ4n) is 3.44. The number of nitrogens with one attached hydrogen (secondary N) is 1. The summed E-state index contributed by atoms with van der Waals surface area (Å²) >= 11 is 0. The minimum Gasteiger partial charge on any atom is -0.493 e. The molecule has 27 heavy (non-hydrogen) atoms. The summed E-state index contributed by atoms with van der Waals surface area (Å²) in [6, 6.07) is 13.3. The van der Waals surface area contributed by atoms with Crippen LogP contribution >= 0.6 is 0 Å². The third kappa shape index (κ3) is 3.16. The minimum absolute atomic E-state index is 0.0463. The molecule has 0 bridgehead atoms. The topological polar surface area (TPSA) is 70.7 Å². The van der Waals surface area contributed by atoms with Crippen molar-refractivity contribution >= 4 is 22.9 Å². The third-order valence-electron chi connectivity index (χ3n) is 4.88. The fraction of sp³-hybridized carbons (Fsp3) is 0.300. The van der Waals surface area contributed by atoms with Crippen molar-refractivity contribution in [1.82, 2.24) is 14.9 Å². The molecular formula is C20H22N4O3. The van der Waals surface area contributed by atoms with E-state index in [2.05, 4.69) is 14.9 Å². The number of hydrogen-bond donors (Lipinski definition) is 1. The number of benzene rings is 2. The number of amides is 1. The smallest absolute Gasteiger partial charge is 0.257 e. The second-order valence-corrected chi connectivity index (χ2v) is 6.40. The number of nitrogens with zero attached hydrogens (tertiary/aromatic N) is 3. The van der Waals surface area contributed by atoms with Crippen LogP contribution in [0.15, 0.2) is 42.5 Å². The molecule has 7 nitrogen and oxygen atoms in total. The molecule has 1 amide bonds. The van der Waals surface area contributed by atoms with E-state index in [-0.39, 0.29) is 5.91 Å². The van der Waals surface area contributed by atoms with Gasteiger partial charge in [0.05, 0.1) is 30.8 Å². The van der Waals surface area contributed by atoms with Gasteiger partial charge >= 0.3 is 0 Å². The molecular weight excluding hydrogens is 344 g/mol. The van der Waals surface area contributed by atoms with Crippen LogP contribution in [0.3, 0.4) is 0 Å². The van der Waals surface area contributed by atoms with Crippen LogP contribution in [-0.2, 0) is 0 Å². The van der Waals surface area contributed by atoms with Gasteiger partial charge in [0.1, 0.15) is 0 Å². The molecule has 1 saturated heterocycles. The Kier molecular flexibility index (Phi) is 4.58. The molecule has 3 aromatic rings. The van der Waals surface area contributed by atoms with Crippen LogP contribution < -0.4 is 14.4 Å². The molecule has 2 aromatic carbocycles. The van der Waals surface area contributed by atoms with Gasteiger partial charge in [0.25, 0.3) is 5.91 Å². The maximum absolute atomic E-state index is 13.0. The number of methoxy groups -OCH3 is 2. The van der Waals surface area contributed by atoms with Crippen LogP contribution in [0, 0.1) is 0 Å². The Bertz CT molecular complexity index is 928. The van der Waals surface area contributed by atoms with Gasteiger partial charge in [-0.1, -0.05) is 18.2 Å². The molecule has 2 heterocycles. The predicted octanol–water partition coefficient (Wildman–Crippen LogP) is 2.54. The van der Waals surface area contributed by atoms with E-state index in [4.69, 9.17) is 9.47 Å². The number of aromatic nitrogens is 2. The molecule has 7 heteroatoms. The normalized spacial score (nSPS) is 14.4. The van der Waals surface area contributed by atoms with Gasteiger partial charge in [0.15, 0.2) is 11.5 Å². The van der Waals surface area contributed by atoms with Crippen LogP contribution in [0.1, 0.15) is 10.4 Å². The summed E-state index contributed by atoms with van der Waals surface area (Å²) in [5.74, 6) is 1.84. The van der Waals surface area contributed by atoms with Crippen LogP contribution in [0.25, 0.3) is 11.0 Å². The van der Waals surface area contributed by atoms with Crippen molar-refractivity contribution in [3.05, 3.63) is 48.0 Å². The Morgan fingerprint density at radius 2 is 1.78 bits per heavy atom. The molecule has 0 spiro atoms. The number of carbonyl (C=O) groups excluding carboxylic acids is 1. The Labute approximate surface area is 157 Å². The number of anilines is 1. The van der Waals surface area contributed by atoms with Crippen molar-refractivity contribution < 1.29 is 14.3 Å². The van der Waals surface area contributed by atoms with Crippen molar-refractivity contribution in [3.8, 4) is 11.5 Å². The van der Waals surface area contributed by atoms with E-state index in [0.717, 1.165) is 30.1 Å². The summed E-state index contributed by atoms with van der Waals surface area (Å²) in [5.41, 5.74) is 2.49. The zero-order chi connectivity index (χ0) is 18.8. The zero-order valence-electron chi connectivity index (χ0n) is 15.4. The number of aromatic amines is 1. The number of para-hydroxylation sites is 3. The van der Waals surface area contributed by atoms with Crippen LogP contribution in [0.5, 0.6) is 11.5 Å². The summed E-state index contributed by atoms with van der Waals surface area (Å²) < 4.78 is 10.7. The van der Waals surface area contributed by atoms with Gasteiger partial charge in [-0.2, -0.15) is 0 Å². The highest BCUT2D eigenvalue weighted by atomic mass is 16.5. The molecule has 1 aromatic heterocycles. The highest BCUT2D eigenvalue weighted by molar-refractivity contribution is 5.98. The second-order valence-electron chi connectivity index (χ2n) is 6.40. The molecule has 4 rings (SSSR count). The number of piperazine rings is 1. The number of carbonyl (C=O) groups is 1. The zero-order valence-corrected chi connectivity index (χ0v) is 15.4. The Balaban J connectivity index is 1.48. The van der Waals surface area contributed by atoms with Crippen LogP contribution in [0.2, 0.25) is 0 Å². The van der Waals surface area contributed by atoms with Gasteiger partial charge in [-0.05, 0) is 24.3 Å². The standard InChI is InChI=1S/C20H22N4O3/c1-26-17-9-5-6-14(18(17)27-2)19(25)23-10-12-24(13-11-23)20-21-15-7-3-4-8-16(15)22-20/h3-9H,10-13H2,1-2H3,(H,21,22). The number of hydrogen-bond acceptors (Lipinski definition) is 5. The Morgan fingerprint density at radius 1 is 1.00 bits per heavy atom. The maximum Gasteiger partial charge on any atom is 0.257 e. The Morgan fingerprint density at radius 3 is 2.48 bits per heavy atom. The van der Waals surface area contributed by atoms with E-state index in [9.17, 15) is 4.79 Å². The lowest BCUT2D eigenvalue weighted by Gasteiger charge is -2.34. The first-order valence-electron chi connectivity index (χ1n) is 8.91. The molecule has 0 unspecified atom stereocenters. The third-order valence-corrected chi connectivity index (χ3v) is 4.88. The van der Waals surface area contributed by atoms with E-state index in [1.807, 2.05) is 29.2 Å². The summed E-state index contributed by atoms with van der Waals surface area (Å²) in [6.45, 7) is 2.68. The Hall–Kier alpha value is -3.22. The molecule has 0 saturated carbocycles. The molecule has 1 fully saturated rings. The van der Waals surface area contributed by atoms with E-state index in [1.54, 1.807) is 32.4 Å². The van der Waals surface area contributed by atoms with Gasteiger partial charge in [0, 0.05) is 26.2 Å².